The van der Waals surface area contributed by atoms with Gasteiger partial charge >= 0.3 is 0 Å². The summed E-state index contributed by atoms with van der Waals surface area (Å²) in [5, 5.41) is 7.56. The van der Waals surface area contributed by atoms with Gasteiger partial charge in [-0.1, -0.05) is 19.3 Å². The summed E-state index contributed by atoms with van der Waals surface area (Å²) in [6.45, 7) is 0. The summed E-state index contributed by atoms with van der Waals surface area (Å²) in [5.74, 6) is 1.01. The Morgan fingerprint density at radius 2 is 2.17 bits per heavy atom. The lowest BCUT2D eigenvalue weighted by molar-refractivity contribution is -0.0662. The molecule has 1 aliphatic carbocycles. The Labute approximate surface area is 109 Å². The molecule has 0 aromatic carbocycles. The molecular formula is C13H24N4O. The molecule has 18 heavy (non-hydrogen) atoms. The molecule has 1 unspecified atom stereocenters. The van der Waals surface area contributed by atoms with Crippen molar-refractivity contribution in [1.82, 2.24) is 20.1 Å². The molecule has 1 atom stereocenters. The Hall–Kier alpha value is -0.940. The zero-order valence-corrected chi connectivity index (χ0v) is 11.6. The first kappa shape index (κ1) is 13.5. The Balaban J connectivity index is 2.13. The molecule has 1 saturated carbocycles. The van der Waals surface area contributed by atoms with Gasteiger partial charge in [0, 0.05) is 26.6 Å². The third-order valence-corrected chi connectivity index (χ3v) is 4.28. The van der Waals surface area contributed by atoms with E-state index < -0.39 is 0 Å². The predicted molar refractivity (Wildman–Crippen MR) is 70.4 cm³/mol. The van der Waals surface area contributed by atoms with Gasteiger partial charge in [-0.25, -0.2) is 4.98 Å². The fourth-order valence-electron chi connectivity index (χ4n) is 3.08. The number of nitrogens with zero attached hydrogens (tertiary/aromatic N) is 3. The lowest BCUT2D eigenvalue weighted by Crippen LogP contribution is -2.53. The third-order valence-electron chi connectivity index (χ3n) is 4.28. The molecule has 1 aliphatic rings. The van der Waals surface area contributed by atoms with Crippen LogP contribution >= 0.6 is 0 Å². The van der Waals surface area contributed by atoms with Crippen LogP contribution < -0.4 is 5.32 Å². The van der Waals surface area contributed by atoms with Crippen molar-refractivity contribution in [3.8, 4) is 0 Å². The van der Waals surface area contributed by atoms with Gasteiger partial charge in [0.05, 0.1) is 5.60 Å². The minimum atomic E-state index is -0.0427. The van der Waals surface area contributed by atoms with Gasteiger partial charge in [0.15, 0.2) is 0 Å². The first-order valence-corrected chi connectivity index (χ1v) is 6.77. The maximum absolute atomic E-state index is 5.90. The standard InChI is InChI=1S/C13H24N4O/c1-14-11(9-12-15-10-16-17(12)2)13(18-3)7-5-4-6-8-13/h10-11,14H,4-9H2,1-3H3. The van der Waals surface area contributed by atoms with Gasteiger partial charge in [0.2, 0.25) is 0 Å². The molecule has 1 fully saturated rings. The number of hydrogen-bond acceptors (Lipinski definition) is 4. The molecule has 1 aromatic rings. The molecule has 102 valence electrons. The van der Waals surface area contributed by atoms with Crippen LogP contribution in [0.15, 0.2) is 6.33 Å². The molecular weight excluding hydrogens is 228 g/mol. The minimum absolute atomic E-state index is 0.0427. The molecule has 0 saturated heterocycles. The topological polar surface area (TPSA) is 52.0 Å². The van der Waals surface area contributed by atoms with Crippen LogP contribution in [-0.4, -0.2) is 40.6 Å². The summed E-state index contributed by atoms with van der Waals surface area (Å²) >= 11 is 0. The molecule has 0 radical (unpaired) electrons. The Bertz CT molecular complexity index is 371. The smallest absolute Gasteiger partial charge is 0.138 e. The Morgan fingerprint density at radius 3 is 2.67 bits per heavy atom. The molecule has 5 nitrogen and oxygen atoms in total. The van der Waals surface area contributed by atoms with Gasteiger partial charge in [0.1, 0.15) is 12.2 Å². The average Bonchev–Trinajstić information content (AvgIpc) is 2.82. The van der Waals surface area contributed by atoms with Gasteiger partial charge in [-0.05, 0) is 19.9 Å². The fraction of sp³-hybridized carbons (Fsp3) is 0.846. The number of likely N-dealkylation sites (N-methyl/N-ethyl adjacent to an activating group) is 1. The largest absolute Gasteiger partial charge is 0.377 e. The van der Waals surface area contributed by atoms with Crippen LogP contribution in [0.5, 0.6) is 0 Å². The van der Waals surface area contributed by atoms with Crippen LogP contribution in [0.1, 0.15) is 37.9 Å². The summed E-state index contributed by atoms with van der Waals surface area (Å²) in [6, 6.07) is 0.297. The molecule has 0 amide bonds. The highest BCUT2D eigenvalue weighted by Crippen LogP contribution is 2.35. The molecule has 5 heteroatoms. The molecule has 1 aromatic heterocycles. The highest BCUT2D eigenvalue weighted by molar-refractivity contribution is 5.00. The quantitative estimate of drug-likeness (QED) is 0.858. The second-order valence-electron chi connectivity index (χ2n) is 5.17. The molecule has 2 rings (SSSR count). The Morgan fingerprint density at radius 1 is 1.44 bits per heavy atom. The van der Waals surface area contributed by atoms with E-state index in [1.165, 1.54) is 19.3 Å². The lowest BCUT2D eigenvalue weighted by Gasteiger charge is -2.42. The van der Waals surface area contributed by atoms with Crippen molar-refractivity contribution in [1.29, 1.82) is 0 Å². The number of nitrogens with one attached hydrogen (secondary N) is 1. The summed E-state index contributed by atoms with van der Waals surface area (Å²) in [5.41, 5.74) is -0.0427. The minimum Gasteiger partial charge on any atom is -0.377 e. The SMILES string of the molecule is CNC(Cc1ncnn1C)C1(OC)CCCCC1. The van der Waals surface area contributed by atoms with E-state index >= 15 is 0 Å². The van der Waals surface area contributed by atoms with Crippen molar-refractivity contribution in [2.75, 3.05) is 14.2 Å². The van der Waals surface area contributed by atoms with Crippen LogP contribution in [0.3, 0.4) is 0 Å². The first-order valence-electron chi connectivity index (χ1n) is 6.77. The van der Waals surface area contributed by atoms with E-state index in [9.17, 15) is 0 Å². The zero-order chi connectivity index (χ0) is 13.0. The first-order chi connectivity index (χ1) is 8.72. The molecule has 1 heterocycles. The van der Waals surface area contributed by atoms with Gasteiger partial charge in [0.25, 0.3) is 0 Å². The van der Waals surface area contributed by atoms with Crippen LogP contribution in [0.25, 0.3) is 0 Å². The van der Waals surface area contributed by atoms with Crippen molar-refractivity contribution in [2.45, 2.75) is 50.2 Å². The van der Waals surface area contributed by atoms with Gasteiger partial charge in [-0.2, -0.15) is 5.10 Å². The van der Waals surface area contributed by atoms with Crippen molar-refractivity contribution in [3.05, 3.63) is 12.2 Å². The zero-order valence-electron chi connectivity index (χ0n) is 11.6. The number of hydrogen-bond donors (Lipinski definition) is 1. The summed E-state index contributed by atoms with van der Waals surface area (Å²) in [6.07, 6.45) is 8.57. The molecule has 0 bridgehead atoms. The molecule has 1 N–H and O–H groups in total. The Kier molecular flexibility index (Phi) is 4.35. The van der Waals surface area contributed by atoms with E-state index in [1.54, 1.807) is 6.33 Å². The monoisotopic (exact) mass is 252 g/mol. The second-order valence-corrected chi connectivity index (χ2v) is 5.17. The number of methoxy groups -OCH3 is 1. The third kappa shape index (κ3) is 2.57. The highest BCUT2D eigenvalue weighted by Gasteiger charge is 2.39. The van der Waals surface area contributed by atoms with Crippen molar-refractivity contribution >= 4 is 0 Å². The highest BCUT2D eigenvalue weighted by atomic mass is 16.5. The maximum Gasteiger partial charge on any atom is 0.138 e. The van der Waals surface area contributed by atoms with Crippen LogP contribution in [-0.2, 0) is 18.2 Å². The fourth-order valence-corrected chi connectivity index (χ4v) is 3.08. The van der Waals surface area contributed by atoms with Gasteiger partial charge < -0.3 is 10.1 Å². The van der Waals surface area contributed by atoms with Crippen LogP contribution in [0, 0.1) is 0 Å². The normalized spacial score (nSPS) is 20.8. The van der Waals surface area contributed by atoms with E-state index in [1.807, 2.05) is 25.9 Å². The van der Waals surface area contributed by atoms with Crippen molar-refractivity contribution < 1.29 is 4.74 Å². The molecule has 0 spiro atoms. The maximum atomic E-state index is 5.90. The summed E-state index contributed by atoms with van der Waals surface area (Å²) in [7, 11) is 5.79. The number of rotatable bonds is 5. The lowest BCUT2D eigenvalue weighted by atomic mass is 9.78. The van der Waals surface area contributed by atoms with Crippen molar-refractivity contribution in [3.63, 3.8) is 0 Å². The van der Waals surface area contributed by atoms with E-state index in [2.05, 4.69) is 15.4 Å². The van der Waals surface area contributed by atoms with Gasteiger partial charge in [-0.15, -0.1) is 0 Å². The van der Waals surface area contributed by atoms with E-state index in [4.69, 9.17) is 4.74 Å². The van der Waals surface area contributed by atoms with Crippen LogP contribution in [0.2, 0.25) is 0 Å². The second kappa shape index (κ2) is 5.80. The van der Waals surface area contributed by atoms with Gasteiger partial charge in [-0.3, -0.25) is 4.68 Å². The summed E-state index contributed by atoms with van der Waals surface area (Å²) in [4.78, 5) is 4.32. The van der Waals surface area contributed by atoms with E-state index in [0.29, 0.717) is 6.04 Å². The number of ether oxygens (including phenoxy) is 1. The molecule has 0 aliphatic heterocycles. The summed E-state index contributed by atoms with van der Waals surface area (Å²) < 4.78 is 7.74. The van der Waals surface area contributed by atoms with E-state index in [0.717, 1.165) is 25.1 Å². The predicted octanol–water partition coefficient (Wildman–Crippen LogP) is 1.29. The van der Waals surface area contributed by atoms with E-state index in [-0.39, 0.29) is 5.60 Å². The number of aromatic nitrogens is 3. The van der Waals surface area contributed by atoms with Crippen LogP contribution in [0.4, 0.5) is 0 Å². The average molecular weight is 252 g/mol. The van der Waals surface area contributed by atoms with Crippen molar-refractivity contribution in [2.24, 2.45) is 7.05 Å². The number of aryl methyl sites for hydroxylation is 1.